The third-order valence-corrected chi connectivity index (χ3v) is 3.97. The molecule has 1 aromatic rings. The quantitative estimate of drug-likeness (QED) is 0.838. The lowest BCUT2D eigenvalue weighted by molar-refractivity contribution is 0.985. The Morgan fingerprint density at radius 3 is 1.57 bits per heavy atom. The van der Waals surface area contributed by atoms with Crippen LogP contribution in [0.15, 0.2) is 33.2 Å². The van der Waals surface area contributed by atoms with E-state index in [-0.39, 0.29) is 0 Å². The van der Waals surface area contributed by atoms with Crippen LogP contribution >= 0.6 is 0 Å². The minimum atomic E-state index is 0.857. The van der Waals surface area contributed by atoms with Crippen molar-refractivity contribution in [2.75, 3.05) is 54.0 Å². The summed E-state index contributed by atoms with van der Waals surface area (Å²) in [7, 11) is 0. The zero-order chi connectivity index (χ0) is 14.1. The van der Waals surface area contributed by atoms with Gasteiger partial charge in [-0.3, -0.25) is 15.0 Å². The Bertz CT molecular complexity index is 580. The van der Waals surface area contributed by atoms with Crippen molar-refractivity contribution in [3.8, 4) is 0 Å². The zero-order valence-electron chi connectivity index (χ0n) is 11.9. The van der Waals surface area contributed by atoms with Gasteiger partial charge in [0.1, 0.15) is 0 Å². The molecule has 4 rings (SSSR count). The number of rotatable bonds is 3. The van der Waals surface area contributed by atoms with Gasteiger partial charge < -0.3 is 14.7 Å². The number of nitrogens with zero attached hydrogens (tertiary/aromatic N) is 6. The highest BCUT2D eigenvalue weighted by molar-refractivity contribution is 6.02. The highest BCUT2D eigenvalue weighted by Gasteiger charge is 2.24. The molecule has 0 N–H and O–H groups in total. The average Bonchev–Trinajstić information content (AvgIpc) is 3.28. The zero-order valence-corrected chi connectivity index (χ0v) is 11.9. The number of benzene rings is 1. The molecule has 6 heteroatoms. The van der Waals surface area contributed by atoms with Crippen molar-refractivity contribution in [2.45, 2.75) is 0 Å². The Morgan fingerprint density at radius 1 is 0.667 bits per heavy atom. The highest BCUT2D eigenvalue weighted by atomic mass is 15.3. The molecule has 0 fully saturated rings. The van der Waals surface area contributed by atoms with Crippen molar-refractivity contribution >= 4 is 36.1 Å². The van der Waals surface area contributed by atoms with Gasteiger partial charge in [-0.05, 0) is 12.1 Å². The fourth-order valence-corrected chi connectivity index (χ4v) is 2.95. The summed E-state index contributed by atoms with van der Waals surface area (Å²) in [5, 5.41) is 0. The first-order valence-electron chi connectivity index (χ1n) is 7.36. The van der Waals surface area contributed by atoms with E-state index < -0.39 is 0 Å². The number of para-hydroxylation sites is 1. The standard InChI is InChI=1S/C15H18N6/c1-2-13(19-7-4-16-10-19)15(21-9-6-18-12-21)14(3-1)20-8-5-17-11-20/h1-3,10-12H,4-9H2. The Balaban J connectivity index is 1.81. The summed E-state index contributed by atoms with van der Waals surface area (Å²) in [6, 6.07) is 6.44. The monoisotopic (exact) mass is 282 g/mol. The van der Waals surface area contributed by atoms with E-state index in [9.17, 15) is 0 Å². The molecule has 0 aliphatic carbocycles. The van der Waals surface area contributed by atoms with Crippen molar-refractivity contribution in [3.63, 3.8) is 0 Å². The molecule has 0 radical (unpaired) electrons. The molecular weight excluding hydrogens is 264 g/mol. The van der Waals surface area contributed by atoms with E-state index >= 15 is 0 Å². The first kappa shape index (κ1) is 12.4. The van der Waals surface area contributed by atoms with E-state index in [4.69, 9.17) is 0 Å². The lowest BCUT2D eigenvalue weighted by Gasteiger charge is -2.29. The topological polar surface area (TPSA) is 46.8 Å². The van der Waals surface area contributed by atoms with E-state index in [1.807, 2.05) is 19.0 Å². The number of hydrogen-bond acceptors (Lipinski definition) is 6. The molecule has 0 bridgehead atoms. The minimum Gasteiger partial charge on any atom is -0.329 e. The van der Waals surface area contributed by atoms with Crippen LogP contribution in [0.2, 0.25) is 0 Å². The van der Waals surface area contributed by atoms with Crippen molar-refractivity contribution in [2.24, 2.45) is 15.0 Å². The summed E-state index contributed by atoms with van der Waals surface area (Å²) in [6.07, 6.45) is 5.82. The average molecular weight is 282 g/mol. The second kappa shape index (κ2) is 5.20. The van der Waals surface area contributed by atoms with Gasteiger partial charge in [-0.25, -0.2) is 0 Å². The molecule has 0 amide bonds. The summed E-state index contributed by atoms with van der Waals surface area (Å²) >= 11 is 0. The summed E-state index contributed by atoms with van der Waals surface area (Å²) in [6.45, 7) is 5.40. The van der Waals surface area contributed by atoms with Crippen LogP contribution in [0.3, 0.4) is 0 Å². The van der Waals surface area contributed by atoms with Gasteiger partial charge in [-0.15, -0.1) is 0 Å². The van der Waals surface area contributed by atoms with Crippen molar-refractivity contribution in [1.29, 1.82) is 0 Å². The van der Waals surface area contributed by atoms with E-state index in [1.165, 1.54) is 17.1 Å². The van der Waals surface area contributed by atoms with Crippen LogP contribution in [0, 0.1) is 0 Å². The number of aliphatic imine (C=N–C) groups is 3. The summed E-state index contributed by atoms with van der Waals surface area (Å²) in [5.74, 6) is 0. The molecule has 3 aliphatic heterocycles. The van der Waals surface area contributed by atoms with Gasteiger partial charge in [-0.1, -0.05) is 6.07 Å². The van der Waals surface area contributed by atoms with E-state index in [0.717, 1.165) is 39.3 Å². The molecule has 0 saturated heterocycles. The third kappa shape index (κ3) is 2.16. The van der Waals surface area contributed by atoms with Crippen LogP contribution in [0.5, 0.6) is 0 Å². The van der Waals surface area contributed by atoms with E-state index in [2.05, 4.69) is 47.9 Å². The third-order valence-electron chi connectivity index (χ3n) is 3.97. The van der Waals surface area contributed by atoms with Crippen LogP contribution in [0.4, 0.5) is 17.1 Å². The molecule has 0 atom stereocenters. The Kier molecular flexibility index (Phi) is 3.06. The second-order valence-corrected chi connectivity index (χ2v) is 5.29. The van der Waals surface area contributed by atoms with Gasteiger partial charge >= 0.3 is 0 Å². The highest BCUT2D eigenvalue weighted by Crippen LogP contribution is 2.39. The predicted octanol–water partition coefficient (Wildman–Crippen LogP) is 1.23. The molecule has 0 saturated carbocycles. The van der Waals surface area contributed by atoms with Crippen LogP contribution < -0.4 is 14.7 Å². The Hall–Kier alpha value is -2.37. The van der Waals surface area contributed by atoms with Crippen LogP contribution in [0.25, 0.3) is 0 Å². The molecule has 0 spiro atoms. The maximum atomic E-state index is 4.37. The maximum absolute atomic E-state index is 4.37. The first-order valence-corrected chi connectivity index (χ1v) is 7.36. The molecular formula is C15H18N6. The van der Waals surface area contributed by atoms with Gasteiger partial charge in [0.2, 0.25) is 0 Å². The van der Waals surface area contributed by atoms with Crippen LogP contribution in [-0.2, 0) is 0 Å². The SMILES string of the molecule is C1=NCCN1c1cccc(N2C=NCC2)c1N1C=NCC1. The predicted molar refractivity (Wildman–Crippen MR) is 88.6 cm³/mol. The van der Waals surface area contributed by atoms with Crippen LogP contribution in [0.1, 0.15) is 0 Å². The molecule has 21 heavy (non-hydrogen) atoms. The Morgan fingerprint density at radius 2 is 1.14 bits per heavy atom. The molecule has 3 heterocycles. The largest absolute Gasteiger partial charge is 0.329 e. The number of hydrogen-bond donors (Lipinski definition) is 0. The fraction of sp³-hybridized carbons (Fsp3) is 0.400. The van der Waals surface area contributed by atoms with Gasteiger partial charge in [0.05, 0.1) is 55.7 Å². The second-order valence-electron chi connectivity index (χ2n) is 5.29. The summed E-state index contributed by atoms with van der Waals surface area (Å²) in [4.78, 5) is 19.7. The summed E-state index contributed by atoms with van der Waals surface area (Å²) in [5.41, 5.74) is 3.60. The smallest absolute Gasteiger partial charge is 0.0901 e. The molecule has 6 nitrogen and oxygen atoms in total. The van der Waals surface area contributed by atoms with E-state index in [1.54, 1.807) is 0 Å². The molecule has 0 aromatic heterocycles. The van der Waals surface area contributed by atoms with Crippen molar-refractivity contribution in [3.05, 3.63) is 18.2 Å². The van der Waals surface area contributed by atoms with Gasteiger partial charge in [0, 0.05) is 19.6 Å². The van der Waals surface area contributed by atoms with E-state index in [0.29, 0.717) is 0 Å². The van der Waals surface area contributed by atoms with Crippen molar-refractivity contribution in [1.82, 2.24) is 0 Å². The van der Waals surface area contributed by atoms with Gasteiger partial charge in [0.25, 0.3) is 0 Å². The maximum Gasteiger partial charge on any atom is 0.0901 e. The molecule has 108 valence electrons. The Labute approximate surface area is 124 Å². The first-order chi connectivity index (χ1) is 10.4. The van der Waals surface area contributed by atoms with Crippen LogP contribution in [-0.4, -0.2) is 58.3 Å². The summed E-state index contributed by atoms with van der Waals surface area (Å²) < 4.78 is 0. The molecule has 3 aliphatic rings. The lowest BCUT2D eigenvalue weighted by atomic mass is 10.1. The normalized spacial score (nSPS) is 20.3. The minimum absolute atomic E-state index is 0.857. The van der Waals surface area contributed by atoms with Crippen molar-refractivity contribution < 1.29 is 0 Å². The van der Waals surface area contributed by atoms with Gasteiger partial charge in [-0.2, -0.15) is 0 Å². The van der Waals surface area contributed by atoms with Gasteiger partial charge in [0.15, 0.2) is 0 Å². The lowest BCUT2D eigenvalue weighted by Crippen LogP contribution is -2.28. The molecule has 0 unspecified atom stereocenters. The fourth-order valence-electron chi connectivity index (χ4n) is 2.95. The number of anilines is 3. The molecule has 1 aromatic carbocycles.